The van der Waals surface area contributed by atoms with Crippen LogP contribution in [0.15, 0.2) is 36.4 Å². The van der Waals surface area contributed by atoms with Crippen molar-refractivity contribution in [2.45, 2.75) is 95.3 Å². The minimum atomic E-state index is -2.65. The van der Waals surface area contributed by atoms with Crippen molar-refractivity contribution >= 4 is 33.9 Å². The normalized spacial score (nSPS) is 27.1. The summed E-state index contributed by atoms with van der Waals surface area (Å²) in [7, 11) is -2.49. The lowest BCUT2D eigenvalue weighted by atomic mass is 9.65. The number of carbonyl (C=O) groups excluding carboxylic acids is 1. The largest absolute Gasteiger partial charge is 0.487 e. The van der Waals surface area contributed by atoms with Crippen LogP contribution in [0.5, 0.6) is 5.75 Å². The van der Waals surface area contributed by atoms with E-state index in [1.807, 2.05) is 37.3 Å². The Morgan fingerprint density at radius 1 is 1.04 bits per heavy atom. The molecule has 3 aliphatic heterocycles. The van der Waals surface area contributed by atoms with Crippen molar-refractivity contribution in [1.29, 1.82) is 0 Å². The first-order valence-corrected chi connectivity index (χ1v) is 20.1. The van der Waals surface area contributed by atoms with Crippen molar-refractivity contribution < 1.29 is 36.2 Å². The summed E-state index contributed by atoms with van der Waals surface area (Å²) in [5.41, 5.74) is 9.28. The smallest absolute Gasteiger partial charge is 0.272 e. The Labute approximate surface area is 307 Å². The number of fused-ring (bicyclic) bond motifs is 2. The number of thiol groups is 1. The van der Waals surface area contributed by atoms with Crippen molar-refractivity contribution in [3.05, 3.63) is 58.1 Å². The Hall–Kier alpha value is -2.51. The number of hydrogen-bond donors (Lipinski definition) is 2. The number of hydrogen-bond acceptors (Lipinski definition) is 8. The molecule has 2 aromatic carbocycles. The van der Waals surface area contributed by atoms with Crippen molar-refractivity contribution in [3.8, 4) is 5.75 Å². The number of rotatable bonds is 12. The number of anilines is 1. The van der Waals surface area contributed by atoms with Crippen LogP contribution >= 0.6 is 11.6 Å². The van der Waals surface area contributed by atoms with Crippen LogP contribution in [0, 0.1) is 23.7 Å². The van der Waals surface area contributed by atoms with Gasteiger partial charge >= 0.3 is 0 Å². The van der Waals surface area contributed by atoms with E-state index in [2.05, 4.69) is 4.90 Å². The molecular weight excluding hydrogens is 700 g/mol. The zero-order chi connectivity index (χ0) is 36.3. The molecule has 3 fully saturated rings. The van der Waals surface area contributed by atoms with Gasteiger partial charge in [0.15, 0.2) is 6.29 Å². The second-order valence-corrected chi connectivity index (χ2v) is 17.0. The minimum absolute atomic E-state index is 0.0332. The van der Waals surface area contributed by atoms with E-state index >= 15 is 0 Å². The van der Waals surface area contributed by atoms with Gasteiger partial charge in [0.25, 0.3) is 5.92 Å². The highest BCUT2D eigenvalue weighted by atomic mass is 35.5. The molecule has 0 unspecified atom stereocenters. The molecule has 2 saturated heterocycles. The van der Waals surface area contributed by atoms with E-state index in [-0.39, 0.29) is 36.9 Å². The first-order valence-electron chi connectivity index (χ1n) is 18.5. The van der Waals surface area contributed by atoms with Crippen LogP contribution in [0.4, 0.5) is 14.5 Å². The number of nitrogens with zero attached hydrogens (tertiary/aromatic N) is 2. The molecule has 1 amide bonds. The van der Waals surface area contributed by atoms with Gasteiger partial charge in [-0.25, -0.2) is 17.2 Å². The monoisotopic (exact) mass is 751 g/mol. The Balaban J connectivity index is 1.19. The van der Waals surface area contributed by atoms with E-state index in [0.717, 1.165) is 75.7 Å². The van der Waals surface area contributed by atoms with Gasteiger partial charge in [-0.05, 0) is 111 Å². The maximum atomic E-state index is 13.6. The number of amides is 1. The van der Waals surface area contributed by atoms with E-state index in [1.54, 1.807) is 17.9 Å². The van der Waals surface area contributed by atoms with Gasteiger partial charge in [0, 0.05) is 29.6 Å². The number of primary amides is 1. The zero-order valence-electron chi connectivity index (χ0n) is 29.6. The Morgan fingerprint density at radius 2 is 1.80 bits per heavy atom. The highest BCUT2D eigenvalue weighted by Crippen LogP contribution is 2.46. The molecule has 0 bridgehead atoms. The third-order valence-electron chi connectivity index (χ3n) is 11.7. The quantitative estimate of drug-likeness (QED) is 0.243. The predicted molar refractivity (Wildman–Crippen MR) is 194 cm³/mol. The van der Waals surface area contributed by atoms with Gasteiger partial charge in [-0.15, -0.1) is 0 Å². The predicted octanol–water partition coefficient (Wildman–Crippen LogP) is 6.30. The molecule has 51 heavy (non-hydrogen) atoms. The van der Waals surface area contributed by atoms with Crippen LogP contribution in [0.2, 0.25) is 5.02 Å². The SMILES string of the molecule is C[C@H]([C@@H](C)CCC[C@H]([C@H]1OC[C@@H](N2CC(F)(F)C2)CO1)[C@@H]1CC[C@H]1CN1CCCCc2cc(Cl)ccc2COc2ccc(C(N)=O)cc21)[SH](=O)=O. The second-order valence-electron chi connectivity index (χ2n) is 15.2. The average Bonchev–Trinajstić information content (AvgIpc) is 3.11. The van der Waals surface area contributed by atoms with Crippen molar-refractivity contribution in [2.75, 3.05) is 44.3 Å². The number of ether oxygens (including phenoxy) is 3. The number of alkyl halides is 2. The van der Waals surface area contributed by atoms with Crippen LogP contribution in [-0.2, 0) is 33.2 Å². The Bertz CT molecular complexity index is 1590. The van der Waals surface area contributed by atoms with Gasteiger partial charge < -0.3 is 24.8 Å². The van der Waals surface area contributed by atoms with Crippen molar-refractivity contribution in [3.63, 3.8) is 0 Å². The number of carbonyl (C=O) groups is 1. The first-order chi connectivity index (χ1) is 24.4. The molecule has 4 aliphatic rings. The van der Waals surface area contributed by atoms with Crippen LogP contribution in [0.25, 0.3) is 0 Å². The average molecular weight is 752 g/mol. The molecule has 5 atom stereocenters. The van der Waals surface area contributed by atoms with Gasteiger partial charge in [0.2, 0.25) is 5.91 Å². The zero-order valence-corrected chi connectivity index (χ0v) is 31.3. The lowest BCUT2D eigenvalue weighted by molar-refractivity contribution is -0.260. The van der Waals surface area contributed by atoms with Crippen LogP contribution in [0.1, 0.15) is 80.3 Å². The van der Waals surface area contributed by atoms with Gasteiger partial charge in [0.1, 0.15) is 23.1 Å². The summed E-state index contributed by atoms with van der Waals surface area (Å²) in [6, 6.07) is 11.1. The van der Waals surface area contributed by atoms with Crippen molar-refractivity contribution in [1.82, 2.24) is 4.90 Å². The standard InChI is InChI=1S/C38H52ClF2N3O6S/c1-24(25(2)51(46)47)6-5-8-33(37-49-20-31(21-50-37)44-22-38(40,41)23-44)32-13-10-28(32)18-43-15-4-3-7-26-16-30(39)12-9-29(26)19-48-35-14-11-27(36(42)45)17-34(35)43/h9,11-12,14,16-17,24-25,28,31-33,37,51H,3-8,10,13,15,18-23H2,1-2H3,(H2,42,45)/t24-,25+,28-,31-,32+,33-,37+/m0/s1. The summed E-state index contributed by atoms with van der Waals surface area (Å²) in [5, 5.41) is 0.310. The minimum Gasteiger partial charge on any atom is -0.487 e. The molecule has 3 heterocycles. The number of likely N-dealkylation sites (tertiary alicyclic amines) is 1. The third kappa shape index (κ3) is 9.36. The molecule has 282 valence electrons. The number of nitrogens with two attached hydrogens (primary N) is 1. The summed E-state index contributed by atoms with van der Waals surface area (Å²) in [6.45, 7) is 5.81. The summed E-state index contributed by atoms with van der Waals surface area (Å²) in [4.78, 5) is 16.4. The van der Waals surface area contributed by atoms with E-state index in [0.29, 0.717) is 42.1 Å². The lowest BCUT2D eigenvalue weighted by Gasteiger charge is -2.50. The second kappa shape index (κ2) is 16.7. The topological polar surface area (TPSA) is 111 Å². The number of aryl methyl sites for hydroxylation is 1. The number of benzene rings is 2. The molecule has 2 aromatic rings. The molecule has 13 heteroatoms. The molecule has 1 saturated carbocycles. The lowest BCUT2D eigenvalue weighted by Crippen LogP contribution is -2.63. The Kier molecular flexibility index (Phi) is 12.5. The highest BCUT2D eigenvalue weighted by molar-refractivity contribution is 7.73. The first kappa shape index (κ1) is 38.2. The molecular formula is C38H52ClF2N3O6S. The summed E-state index contributed by atoms with van der Waals surface area (Å²) < 4.78 is 69.6. The summed E-state index contributed by atoms with van der Waals surface area (Å²) in [5.74, 6) is -1.75. The van der Waals surface area contributed by atoms with Gasteiger partial charge in [0.05, 0.1) is 43.3 Å². The van der Waals surface area contributed by atoms with Gasteiger partial charge in [-0.2, -0.15) is 0 Å². The fourth-order valence-corrected chi connectivity index (χ4v) is 8.97. The van der Waals surface area contributed by atoms with E-state index in [9.17, 15) is 22.0 Å². The van der Waals surface area contributed by atoms with E-state index in [4.69, 9.17) is 31.5 Å². The fraction of sp³-hybridized carbons (Fsp3) is 0.658. The van der Waals surface area contributed by atoms with Gasteiger partial charge in [-0.3, -0.25) is 9.69 Å². The fourth-order valence-electron chi connectivity index (χ4n) is 8.21. The maximum absolute atomic E-state index is 13.6. The molecule has 0 radical (unpaired) electrons. The molecule has 6 rings (SSSR count). The van der Waals surface area contributed by atoms with Crippen LogP contribution in [0.3, 0.4) is 0 Å². The molecule has 1 aliphatic carbocycles. The molecule has 2 N–H and O–H groups in total. The maximum Gasteiger partial charge on any atom is 0.272 e. The number of halogens is 3. The van der Waals surface area contributed by atoms with Crippen LogP contribution in [-0.4, -0.2) is 82.1 Å². The Morgan fingerprint density at radius 3 is 2.47 bits per heavy atom. The molecule has 0 spiro atoms. The third-order valence-corrected chi connectivity index (χ3v) is 13.1. The van der Waals surface area contributed by atoms with E-state index < -0.39 is 34.1 Å². The van der Waals surface area contributed by atoms with Gasteiger partial charge in [-0.1, -0.05) is 31.0 Å². The van der Waals surface area contributed by atoms with E-state index in [1.165, 1.54) is 5.56 Å². The van der Waals surface area contributed by atoms with Crippen molar-refractivity contribution in [2.24, 2.45) is 29.4 Å². The molecule has 9 nitrogen and oxygen atoms in total. The summed E-state index contributed by atoms with van der Waals surface area (Å²) in [6.07, 6.45) is 6.78. The molecule has 0 aromatic heterocycles. The summed E-state index contributed by atoms with van der Waals surface area (Å²) >= 11 is 6.35. The van der Waals surface area contributed by atoms with Crippen LogP contribution < -0.4 is 15.4 Å². The highest BCUT2D eigenvalue weighted by Gasteiger charge is 2.49.